The van der Waals surface area contributed by atoms with Crippen LogP contribution >= 0.6 is 0 Å². The molecule has 0 radical (unpaired) electrons. The van der Waals surface area contributed by atoms with E-state index in [-0.39, 0.29) is 5.41 Å². The molecule has 0 amide bonds. The smallest absolute Gasteiger partial charge is 0.223 e. The highest BCUT2D eigenvalue weighted by molar-refractivity contribution is 5.66. The average molecular weight is 479 g/mol. The van der Waals surface area contributed by atoms with E-state index in [1.807, 2.05) is 30.6 Å². The molecule has 2 aliphatic carbocycles. The normalized spacial score (nSPS) is 22.6. The number of hydrogen-bond acceptors (Lipinski definition) is 7. The second kappa shape index (κ2) is 7.71. The van der Waals surface area contributed by atoms with Crippen molar-refractivity contribution in [3.05, 3.63) is 83.5 Å². The van der Waals surface area contributed by atoms with Crippen LogP contribution in [0.15, 0.2) is 64.0 Å². The molecule has 8 heteroatoms. The first-order valence-corrected chi connectivity index (χ1v) is 12.4. The number of aromatic nitrogens is 6. The first-order valence-electron chi connectivity index (χ1n) is 12.4. The molecule has 0 N–H and O–H groups in total. The molecule has 0 unspecified atom stereocenters. The summed E-state index contributed by atoms with van der Waals surface area (Å²) in [4.78, 5) is 8.75. The Morgan fingerprint density at radius 1 is 1.06 bits per heavy atom. The lowest BCUT2D eigenvalue weighted by atomic mass is 9.56. The van der Waals surface area contributed by atoms with Gasteiger partial charge < -0.3 is 9.05 Å². The number of aryl methyl sites for hydroxylation is 1. The van der Waals surface area contributed by atoms with Crippen molar-refractivity contribution >= 4 is 0 Å². The molecule has 36 heavy (non-hydrogen) atoms. The van der Waals surface area contributed by atoms with Gasteiger partial charge in [-0.15, -0.1) is 0 Å². The molecular weight excluding hydrogens is 452 g/mol. The van der Waals surface area contributed by atoms with Crippen LogP contribution in [0.5, 0.6) is 0 Å². The fraction of sp³-hybridized carbons (Fsp3) is 0.321. The molecule has 2 aliphatic rings. The molecule has 0 fully saturated rings. The quantitative estimate of drug-likeness (QED) is 0.340. The highest BCUT2D eigenvalue weighted by atomic mass is 16.5. The lowest BCUT2D eigenvalue weighted by molar-refractivity contribution is 0.170. The SMILES string of the molecule is Cc1nc(-c2ccc(-n3nc(-c4cccnc4)c4c3[C@]3(C)Cc5cnoc5[C@H](C)[C@H]3CC4)cc2)no1. The van der Waals surface area contributed by atoms with E-state index in [0.29, 0.717) is 23.6 Å². The zero-order chi connectivity index (χ0) is 24.4. The van der Waals surface area contributed by atoms with Crippen molar-refractivity contribution in [2.75, 3.05) is 0 Å². The number of rotatable bonds is 3. The molecule has 4 heterocycles. The minimum atomic E-state index is -0.109. The molecule has 1 aromatic carbocycles. The summed E-state index contributed by atoms with van der Waals surface area (Å²) in [7, 11) is 0. The van der Waals surface area contributed by atoms with E-state index < -0.39 is 0 Å². The van der Waals surface area contributed by atoms with Crippen LogP contribution in [0, 0.1) is 12.8 Å². The summed E-state index contributed by atoms with van der Waals surface area (Å²) < 4.78 is 13.0. The van der Waals surface area contributed by atoms with Crippen molar-refractivity contribution in [1.29, 1.82) is 0 Å². The summed E-state index contributed by atoms with van der Waals surface area (Å²) in [6, 6.07) is 12.3. The lowest BCUT2D eigenvalue weighted by Crippen LogP contribution is -2.45. The third-order valence-corrected chi connectivity index (χ3v) is 8.13. The summed E-state index contributed by atoms with van der Waals surface area (Å²) >= 11 is 0. The molecule has 0 bridgehead atoms. The second-order valence-corrected chi connectivity index (χ2v) is 10.3. The number of nitrogens with zero attached hydrogens (tertiary/aromatic N) is 6. The molecule has 3 atom stereocenters. The van der Waals surface area contributed by atoms with E-state index in [2.05, 4.69) is 57.0 Å². The van der Waals surface area contributed by atoms with Gasteiger partial charge in [-0.2, -0.15) is 10.1 Å². The Kier molecular flexibility index (Phi) is 4.55. The van der Waals surface area contributed by atoms with Crippen molar-refractivity contribution < 1.29 is 9.05 Å². The number of benzene rings is 1. The summed E-state index contributed by atoms with van der Waals surface area (Å²) in [5.41, 5.74) is 7.66. The van der Waals surface area contributed by atoms with Gasteiger partial charge in [0.15, 0.2) is 0 Å². The molecule has 8 nitrogen and oxygen atoms in total. The summed E-state index contributed by atoms with van der Waals surface area (Å²) in [5.74, 6) is 2.91. The van der Waals surface area contributed by atoms with Gasteiger partial charge in [-0.05, 0) is 61.6 Å². The van der Waals surface area contributed by atoms with E-state index in [1.54, 1.807) is 13.1 Å². The minimum absolute atomic E-state index is 0.109. The third kappa shape index (κ3) is 3.03. The van der Waals surface area contributed by atoms with Crippen molar-refractivity contribution in [3.8, 4) is 28.3 Å². The van der Waals surface area contributed by atoms with E-state index >= 15 is 0 Å². The van der Waals surface area contributed by atoms with Gasteiger partial charge in [0.2, 0.25) is 11.7 Å². The Balaban J connectivity index is 1.41. The average Bonchev–Trinajstić information content (AvgIpc) is 3.63. The predicted molar refractivity (Wildman–Crippen MR) is 133 cm³/mol. The lowest BCUT2D eigenvalue weighted by Gasteiger charge is -2.47. The maximum Gasteiger partial charge on any atom is 0.223 e. The predicted octanol–water partition coefficient (Wildman–Crippen LogP) is 5.46. The van der Waals surface area contributed by atoms with Crippen LogP contribution in [0.4, 0.5) is 0 Å². The third-order valence-electron chi connectivity index (χ3n) is 8.13. The molecule has 180 valence electrons. The van der Waals surface area contributed by atoms with Crippen LogP contribution in [0.1, 0.15) is 54.7 Å². The second-order valence-electron chi connectivity index (χ2n) is 10.3. The standard InChI is InChI=1S/C28H26N6O2/c1-16-23-11-10-22-24(19-5-4-12-29-14-19)32-34(26(22)28(23,3)13-20-15-30-36-25(16)20)21-8-6-18(7-9-21)27-31-17(2)35-33-27/h4-9,12,14-16,23H,10-11,13H2,1-3H3/t16-,23-,28-/m1/s1. The summed E-state index contributed by atoms with van der Waals surface area (Å²) in [6.07, 6.45) is 8.54. The van der Waals surface area contributed by atoms with E-state index in [4.69, 9.17) is 14.1 Å². The Morgan fingerprint density at radius 3 is 2.67 bits per heavy atom. The Hall–Kier alpha value is -4.07. The first-order chi connectivity index (χ1) is 17.5. The van der Waals surface area contributed by atoms with E-state index in [1.165, 1.54) is 16.8 Å². The Bertz CT molecular complexity index is 1570. The van der Waals surface area contributed by atoms with Gasteiger partial charge in [0.25, 0.3) is 0 Å². The van der Waals surface area contributed by atoms with Crippen LogP contribution in [-0.4, -0.2) is 30.1 Å². The van der Waals surface area contributed by atoms with Crippen LogP contribution in [-0.2, 0) is 18.3 Å². The van der Waals surface area contributed by atoms with Crippen molar-refractivity contribution in [2.24, 2.45) is 5.92 Å². The van der Waals surface area contributed by atoms with Crippen LogP contribution < -0.4 is 0 Å². The monoisotopic (exact) mass is 478 g/mol. The number of fused-ring (bicyclic) bond motifs is 4. The van der Waals surface area contributed by atoms with Gasteiger partial charge in [-0.3, -0.25) is 4.98 Å². The van der Waals surface area contributed by atoms with Gasteiger partial charge in [0.05, 0.1) is 23.3 Å². The first kappa shape index (κ1) is 21.2. The highest BCUT2D eigenvalue weighted by Crippen LogP contribution is 2.55. The van der Waals surface area contributed by atoms with Crippen LogP contribution in [0.2, 0.25) is 0 Å². The van der Waals surface area contributed by atoms with Gasteiger partial charge in [0.1, 0.15) is 5.76 Å². The maximum absolute atomic E-state index is 5.70. The molecule has 5 aromatic rings. The molecule has 4 aromatic heterocycles. The van der Waals surface area contributed by atoms with E-state index in [0.717, 1.165) is 47.5 Å². The molecule has 0 aliphatic heterocycles. The molecule has 0 saturated heterocycles. The Labute approximate surface area is 208 Å². The number of hydrogen-bond donors (Lipinski definition) is 0. The van der Waals surface area contributed by atoms with Gasteiger partial charge in [-0.25, -0.2) is 4.68 Å². The molecule has 0 spiro atoms. The van der Waals surface area contributed by atoms with Gasteiger partial charge >= 0.3 is 0 Å². The van der Waals surface area contributed by atoms with E-state index in [9.17, 15) is 0 Å². The van der Waals surface area contributed by atoms with Gasteiger partial charge in [-0.1, -0.05) is 24.2 Å². The van der Waals surface area contributed by atoms with Crippen LogP contribution in [0.3, 0.4) is 0 Å². The number of pyridine rings is 1. The summed E-state index contributed by atoms with van der Waals surface area (Å²) in [6.45, 7) is 6.47. The molecule has 0 saturated carbocycles. The molecule has 7 rings (SSSR count). The fourth-order valence-electron chi connectivity index (χ4n) is 6.53. The van der Waals surface area contributed by atoms with Crippen molar-refractivity contribution in [1.82, 2.24) is 30.1 Å². The van der Waals surface area contributed by atoms with Crippen LogP contribution in [0.25, 0.3) is 28.3 Å². The zero-order valence-corrected chi connectivity index (χ0v) is 20.5. The highest BCUT2D eigenvalue weighted by Gasteiger charge is 2.51. The Morgan fingerprint density at radius 2 is 1.92 bits per heavy atom. The van der Waals surface area contributed by atoms with Crippen molar-refractivity contribution in [3.63, 3.8) is 0 Å². The zero-order valence-electron chi connectivity index (χ0n) is 20.5. The fourth-order valence-corrected chi connectivity index (χ4v) is 6.53. The summed E-state index contributed by atoms with van der Waals surface area (Å²) in [5, 5.41) is 13.4. The molecular formula is C28H26N6O2. The van der Waals surface area contributed by atoms with Crippen molar-refractivity contribution in [2.45, 2.75) is 51.4 Å². The largest absolute Gasteiger partial charge is 0.361 e. The topological polar surface area (TPSA) is 95.7 Å². The van der Waals surface area contributed by atoms with Gasteiger partial charge in [0, 0.05) is 52.9 Å². The maximum atomic E-state index is 5.70. The minimum Gasteiger partial charge on any atom is -0.361 e.